The van der Waals surface area contributed by atoms with Crippen molar-refractivity contribution in [2.45, 2.75) is 46.5 Å². The van der Waals surface area contributed by atoms with Crippen LogP contribution in [-0.4, -0.2) is 29.6 Å². The highest BCUT2D eigenvalue weighted by atomic mass is 79.9. The van der Waals surface area contributed by atoms with Gasteiger partial charge < -0.3 is 10.2 Å². The molecule has 1 aromatic rings. The van der Waals surface area contributed by atoms with Crippen LogP contribution in [0.5, 0.6) is 0 Å². The number of piperidine rings is 1. The lowest BCUT2D eigenvalue weighted by atomic mass is 9.78. The van der Waals surface area contributed by atoms with E-state index in [0.717, 1.165) is 42.3 Å². The highest BCUT2D eigenvalue weighted by molar-refractivity contribution is 9.10. The Kier molecular flexibility index (Phi) is 5.24. The predicted molar refractivity (Wildman–Crippen MR) is 88.4 cm³/mol. The van der Waals surface area contributed by atoms with Gasteiger partial charge in [-0.15, -0.1) is 0 Å². The van der Waals surface area contributed by atoms with E-state index in [4.69, 9.17) is 0 Å². The molecule has 0 saturated carbocycles. The average Bonchev–Trinajstić information content (AvgIpc) is 2.47. The Balaban J connectivity index is 2.08. The zero-order valence-corrected chi connectivity index (χ0v) is 14.3. The molecule has 1 N–H and O–H groups in total. The molecule has 0 atom stereocenters. The Labute approximate surface area is 130 Å². The maximum atomic E-state index is 4.66. The molecule has 0 unspecified atom stereocenters. The van der Waals surface area contributed by atoms with E-state index in [-0.39, 0.29) is 0 Å². The minimum absolute atomic E-state index is 0.499. The van der Waals surface area contributed by atoms with Gasteiger partial charge in [0.2, 0.25) is 5.95 Å². The van der Waals surface area contributed by atoms with Crippen molar-refractivity contribution < 1.29 is 0 Å². The molecule has 4 nitrogen and oxygen atoms in total. The molecular weight excluding hydrogens is 316 g/mol. The second-order valence-electron chi connectivity index (χ2n) is 5.94. The summed E-state index contributed by atoms with van der Waals surface area (Å²) < 4.78 is 0.986. The third-order valence-corrected chi connectivity index (χ3v) is 4.94. The van der Waals surface area contributed by atoms with Gasteiger partial charge in [0.1, 0.15) is 5.82 Å². The summed E-state index contributed by atoms with van der Waals surface area (Å²) in [5.41, 5.74) is 0.499. The molecule has 20 heavy (non-hydrogen) atoms. The fraction of sp³-hybridized carbons (Fsp3) is 0.733. The normalized spacial score (nSPS) is 18.1. The molecule has 5 heteroatoms. The lowest BCUT2D eigenvalue weighted by Crippen LogP contribution is -2.39. The van der Waals surface area contributed by atoms with Crippen LogP contribution >= 0.6 is 15.9 Å². The van der Waals surface area contributed by atoms with E-state index in [1.165, 1.54) is 19.3 Å². The quantitative estimate of drug-likeness (QED) is 0.876. The highest BCUT2D eigenvalue weighted by Gasteiger charge is 2.29. The van der Waals surface area contributed by atoms with Crippen LogP contribution in [0.3, 0.4) is 0 Å². The Hall–Kier alpha value is -0.840. The molecule has 1 fully saturated rings. The van der Waals surface area contributed by atoms with Crippen LogP contribution in [0.15, 0.2) is 10.7 Å². The van der Waals surface area contributed by atoms with E-state index in [9.17, 15) is 0 Å². The summed E-state index contributed by atoms with van der Waals surface area (Å²) in [6.45, 7) is 9.90. The minimum atomic E-state index is 0.499. The van der Waals surface area contributed by atoms with Crippen molar-refractivity contribution in [1.82, 2.24) is 9.97 Å². The Morgan fingerprint density at radius 1 is 1.35 bits per heavy atom. The molecule has 1 aliphatic rings. The van der Waals surface area contributed by atoms with Crippen molar-refractivity contribution >= 4 is 27.7 Å². The number of nitrogens with zero attached hydrogens (tertiary/aromatic N) is 3. The number of hydrogen-bond donors (Lipinski definition) is 1. The maximum absolute atomic E-state index is 4.66. The number of anilines is 2. The third-order valence-electron chi connectivity index (χ3n) is 4.38. The molecule has 0 aliphatic carbocycles. The fourth-order valence-corrected chi connectivity index (χ4v) is 2.96. The SMILES string of the molecule is CCCNc1ncc(Br)c(N2CCC(C)(CC)CC2)n1. The molecular formula is C15H25BrN4. The number of hydrogen-bond acceptors (Lipinski definition) is 4. The van der Waals surface area contributed by atoms with E-state index in [1.54, 1.807) is 0 Å². The molecule has 1 saturated heterocycles. The summed E-state index contributed by atoms with van der Waals surface area (Å²) >= 11 is 3.59. The molecule has 0 spiro atoms. The molecule has 1 aromatic heterocycles. The van der Waals surface area contributed by atoms with Crippen molar-refractivity contribution in [1.29, 1.82) is 0 Å². The number of halogens is 1. The minimum Gasteiger partial charge on any atom is -0.355 e. The zero-order valence-electron chi connectivity index (χ0n) is 12.7. The largest absolute Gasteiger partial charge is 0.355 e. The Bertz CT molecular complexity index is 441. The molecule has 2 rings (SSSR count). The first kappa shape index (κ1) is 15.5. The van der Waals surface area contributed by atoms with Gasteiger partial charge in [-0.25, -0.2) is 4.98 Å². The molecule has 0 bridgehead atoms. The number of aromatic nitrogens is 2. The first-order valence-electron chi connectivity index (χ1n) is 7.59. The third kappa shape index (κ3) is 3.62. The van der Waals surface area contributed by atoms with Gasteiger partial charge in [-0.1, -0.05) is 27.2 Å². The van der Waals surface area contributed by atoms with Gasteiger partial charge in [0.25, 0.3) is 0 Å². The molecule has 112 valence electrons. The second-order valence-corrected chi connectivity index (χ2v) is 6.80. The van der Waals surface area contributed by atoms with Gasteiger partial charge in [0.15, 0.2) is 0 Å². The van der Waals surface area contributed by atoms with Gasteiger partial charge in [-0.05, 0) is 40.6 Å². The van der Waals surface area contributed by atoms with E-state index >= 15 is 0 Å². The Morgan fingerprint density at radius 2 is 2.05 bits per heavy atom. The summed E-state index contributed by atoms with van der Waals surface area (Å²) in [6.07, 6.45) is 6.66. The van der Waals surface area contributed by atoms with Crippen LogP contribution in [0, 0.1) is 5.41 Å². The monoisotopic (exact) mass is 340 g/mol. The summed E-state index contributed by atoms with van der Waals surface area (Å²) in [7, 11) is 0. The lowest BCUT2D eigenvalue weighted by Gasteiger charge is -2.39. The van der Waals surface area contributed by atoms with Crippen LogP contribution in [0.2, 0.25) is 0 Å². The molecule has 0 amide bonds. The van der Waals surface area contributed by atoms with Gasteiger partial charge in [0, 0.05) is 25.8 Å². The van der Waals surface area contributed by atoms with Crippen molar-refractivity contribution in [3.05, 3.63) is 10.7 Å². The van der Waals surface area contributed by atoms with Gasteiger partial charge >= 0.3 is 0 Å². The van der Waals surface area contributed by atoms with Crippen LogP contribution < -0.4 is 10.2 Å². The van der Waals surface area contributed by atoms with E-state index < -0.39 is 0 Å². The fourth-order valence-electron chi connectivity index (χ4n) is 2.51. The number of nitrogens with one attached hydrogen (secondary N) is 1. The molecule has 1 aliphatic heterocycles. The molecule has 2 heterocycles. The maximum Gasteiger partial charge on any atom is 0.224 e. The van der Waals surface area contributed by atoms with Crippen molar-refractivity contribution in [2.75, 3.05) is 29.9 Å². The smallest absolute Gasteiger partial charge is 0.224 e. The van der Waals surface area contributed by atoms with Crippen molar-refractivity contribution in [2.24, 2.45) is 5.41 Å². The van der Waals surface area contributed by atoms with Crippen molar-refractivity contribution in [3.63, 3.8) is 0 Å². The van der Waals surface area contributed by atoms with Crippen LogP contribution in [0.4, 0.5) is 11.8 Å². The van der Waals surface area contributed by atoms with Crippen molar-refractivity contribution in [3.8, 4) is 0 Å². The summed E-state index contributed by atoms with van der Waals surface area (Å²) in [5, 5.41) is 3.26. The van der Waals surface area contributed by atoms with Gasteiger partial charge in [-0.2, -0.15) is 4.98 Å². The first-order valence-corrected chi connectivity index (χ1v) is 8.38. The molecule has 0 aromatic carbocycles. The zero-order chi connectivity index (χ0) is 14.6. The standard InChI is InChI=1S/C15H25BrN4/c1-4-8-17-14-18-11-12(16)13(19-14)20-9-6-15(3,5-2)7-10-20/h11H,4-10H2,1-3H3,(H,17,18,19). The summed E-state index contributed by atoms with van der Waals surface area (Å²) in [6, 6.07) is 0. The summed E-state index contributed by atoms with van der Waals surface area (Å²) in [5.74, 6) is 1.76. The lowest BCUT2D eigenvalue weighted by molar-refractivity contribution is 0.237. The Morgan fingerprint density at radius 3 is 2.65 bits per heavy atom. The highest BCUT2D eigenvalue weighted by Crippen LogP contribution is 2.36. The van der Waals surface area contributed by atoms with Gasteiger partial charge in [0.05, 0.1) is 4.47 Å². The topological polar surface area (TPSA) is 41.1 Å². The van der Waals surface area contributed by atoms with E-state index in [2.05, 4.69) is 56.9 Å². The van der Waals surface area contributed by atoms with Crippen LogP contribution in [0.25, 0.3) is 0 Å². The first-order chi connectivity index (χ1) is 9.58. The number of rotatable bonds is 5. The second kappa shape index (κ2) is 6.74. The van der Waals surface area contributed by atoms with Gasteiger partial charge in [-0.3, -0.25) is 0 Å². The predicted octanol–water partition coefficient (Wildman–Crippen LogP) is 4.08. The van der Waals surface area contributed by atoms with E-state index in [1.807, 2.05) is 6.20 Å². The summed E-state index contributed by atoms with van der Waals surface area (Å²) in [4.78, 5) is 11.4. The van der Waals surface area contributed by atoms with Crippen LogP contribution in [-0.2, 0) is 0 Å². The van der Waals surface area contributed by atoms with Crippen LogP contribution in [0.1, 0.15) is 46.5 Å². The average molecular weight is 341 g/mol. The molecule has 0 radical (unpaired) electrons. The van der Waals surface area contributed by atoms with E-state index in [0.29, 0.717) is 5.41 Å².